The predicted octanol–water partition coefficient (Wildman–Crippen LogP) is 3.24. The van der Waals surface area contributed by atoms with Crippen LogP contribution in [0.15, 0.2) is 42.5 Å². The van der Waals surface area contributed by atoms with E-state index in [4.69, 9.17) is 21.1 Å². The van der Waals surface area contributed by atoms with Gasteiger partial charge >= 0.3 is 0 Å². The lowest BCUT2D eigenvalue weighted by atomic mass is 10.1. The van der Waals surface area contributed by atoms with Crippen LogP contribution in [0.4, 0.5) is 5.69 Å². The minimum absolute atomic E-state index is 0.157. The van der Waals surface area contributed by atoms with Crippen LogP contribution in [-0.4, -0.2) is 43.4 Å². The van der Waals surface area contributed by atoms with Crippen molar-refractivity contribution in [2.24, 2.45) is 5.92 Å². The number of fused-ring (bicyclic) bond motifs is 1. The van der Waals surface area contributed by atoms with E-state index in [9.17, 15) is 14.4 Å². The van der Waals surface area contributed by atoms with Crippen LogP contribution in [0, 0.1) is 5.92 Å². The van der Waals surface area contributed by atoms with Gasteiger partial charge in [0.05, 0.1) is 10.7 Å². The first-order valence-corrected chi connectivity index (χ1v) is 10.6. The maximum Gasteiger partial charge on any atom is 0.265 e. The van der Waals surface area contributed by atoms with Gasteiger partial charge in [-0.15, -0.1) is 0 Å². The Morgan fingerprint density at radius 1 is 1.26 bits per heavy atom. The fourth-order valence-electron chi connectivity index (χ4n) is 3.39. The van der Waals surface area contributed by atoms with Crippen LogP contribution >= 0.6 is 11.6 Å². The van der Waals surface area contributed by atoms with Crippen molar-refractivity contribution in [2.75, 3.05) is 24.7 Å². The average Bonchev–Trinajstić information content (AvgIpc) is 3.60. The first-order chi connectivity index (χ1) is 14.9. The van der Waals surface area contributed by atoms with Gasteiger partial charge in [-0.25, -0.2) is 0 Å². The largest absolute Gasteiger partial charge is 0.484 e. The third-order valence-corrected chi connectivity index (χ3v) is 5.70. The zero-order valence-electron chi connectivity index (χ0n) is 17.1. The number of carbonyl (C=O) groups excluding carboxylic acids is 3. The number of rotatable bonds is 8. The molecule has 8 heteroatoms. The first-order valence-electron chi connectivity index (χ1n) is 10.2. The minimum Gasteiger partial charge on any atom is -0.484 e. The summed E-state index contributed by atoms with van der Waals surface area (Å²) in [6.07, 6.45) is 2.24. The number of benzene rings is 2. The van der Waals surface area contributed by atoms with E-state index in [0.717, 1.165) is 12.8 Å². The Morgan fingerprint density at radius 2 is 2.03 bits per heavy atom. The summed E-state index contributed by atoms with van der Waals surface area (Å²) >= 11 is 6.06. The lowest BCUT2D eigenvalue weighted by molar-refractivity contribution is -0.127. The van der Waals surface area contributed by atoms with Gasteiger partial charge in [-0.05, 0) is 56.0 Å². The van der Waals surface area contributed by atoms with Crippen molar-refractivity contribution in [3.63, 3.8) is 0 Å². The molecule has 1 atom stereocenters. The van der Waals surface area contributed by atoms with E-state index in [0.29, 0.717) is 40.2 Å². The summed E-state index contributed by atoms with van der Waals surface area (Å²) in [6.45, 7) is 1.92. The van der Waals surface area contributed by atoms with Crippen LogP contribution in [0.1, 0.15) is 30.1 Å². The van der Waals surface area contributed by atoms with Gasteiger partial charge in [0.15, 0.2) is 19.0 Å². The summed E-state index contributed by atoms with van der Waals surface area (Å²) in [6, 6.07) is 11.0. The number of halogens is 1. The standard InChI is InChI=1S/C23H23ClN2O5/c1-14(23(29)25-11-15-6-7-15)26-18-10-16(8-9-21(18)31-13-22(26)28)19(27)12-30-20-5-3-2-4-17(20)24/h2-5,8-10,14-15H,6-7,11-13H2,1H3,(H,25,29)/t14-/m1/s1. The monoisotopic (exact) mass is 442 g/mol. The molecule has 1 aliphatic carbocycles. The summed E-state index contributed by atoms with van der Waals surface area (Å²) in [5.41, 5.74) is 0.744. The molecule has 1 fully saturated rings. The van der Waals surface area contributed by atoms with Gasteiger partial charge in [-0.2, -0.15) is 0 Å². The molecule has 1 heterocycles. The summed E-state index contributed by atoms with van der Waals surface area (Å²) in [7, 11) is 0. The Kier molecular flexibility index (Phi) is 6.13. The number of anilines is 1. The highest BCUT2D eigenvalue weighted by atomic mass is 35.5. The third kappa shape index (κ3) is 4.82. The van der Waals surface area contributed by atoms with Crippen LogP contribution in [0.2, 0.25) is 5.02 Å². The van der Waals surface area contributed by atoms with E-state index in [-0.39, 0.29) is 30.8 Å². The van der Waals surface area contributed by atoms with Crippen LogP contribution in [0.5, 0.6) is 11.5 Å². The van der Waals surface area contributed by atoms with Crippen molar-refractivity contribution in [2.45, 2.75) is 25.8 Å². The number of hydrogen-bond donors (Lipinski definition) is 1. The topological polar surface area (TPSA) is 84.9 Å². The van der Waals surface area contributed by atoms with Crippen LogP contribution in [0.3, 0.4) is 0 Å². The summed E-state index contributed by atoms with van der Waals surface area (Å²) in [5.74, 6) is 0.546. The van der Waals surface area contributed by atoms with E-state index in [1.165, 1.54) is 4.90 Å². The highest BCUT2D eigenvalue weighted by Gasteiger charge is 2.34. The number of hydrogen-bond acceptors (Lipinski definition) is 5. The number of ketones is 1. The normalized spacial score (nSPS) is 16.2. The first kappa shape index (κ1) is 21.2. The Morgan fingerprint density at radius 3 is 2.77 bits per heavy atom. The Hall–Kier alpha value is -3.06. The van der Waals surface area contributed by atoms with Gasteiger partial charge < -0.3 is 14.8 Å². The van der Waals surface area contributed by atoms with Crippen LogP contribution < -0.4 is 19.7 Å². The Bertz CT molecular complexity index is 1020. The van der Waals surface area contributed by atoms with Gasteiger partial charge in [0.2, 0.25) is 5.91 Å². The molecule has 2 aromatic carbocycles. The van der Waals surface area contributed by atoms with Crippen molar-refractivity contribution >= 4 is 34.9 Å². The molecule has 31 heavy (non-hydrogen) atoms. The van der Waals surface area contributed by atoms with Crippen molar-refractivity contribution < 1.29 is 23.9 Å². The molecule has 0 saturated heterocycles. The molecule has 1 saturated carbocycles. The number of nitrogens with one attached hydrogen (secondary N) is 1. The van der Waals surface area contributed by atoms with E-state index >= 15 is 0 Å². The van der Waals surface area contributed by atoms with E-state index in [2.05, 4.69) is 5.32 Å². The summed E-state index contributed by atoms with van der Waals surface area (Å²) in [5, 5.41) is 3.31. The zero-order valence-corrected chi connectivity index (χ0v) is 17.9. The molecular weight excluding hydrogens is 420 g/mol. The molecule has 0 spiro atoms. The van der Waals surface area contributed by atoms with E-state index in [1.807, 2.05) is 0 Å². The van der Waals surface area contributed by atoms with Gasteiger partial charge in [0.25, 0.3) is 5.91 Å². The lowest BCUT2D eigenvalue weighted by Gasteiger charge is -2.33. The molecular formula is C23H23ClN2O5. The highest BCUT2D eigenvalue weighted by Crippen LogP contribution is 2.35. The molecule has 1 N–H and O–H groups in total. The Balaban J connectivity index is 1.50. The van der Waals surface area contributed by atoms with Gasteiger partial charge in [0, 0.05) is 12.1 Å². The second kappa shape index (κ2) is 8.98. The third-order valence-electron chi connectivity index (χ3n) is 5.38. The maximum absolute atomic E-state index is 12.7. The molecule has 1 aliphatic heterocycles. The van der Waals surface area contributed by atoms with Gasteiger partial charge in [-0.3, -0.25) is 19.3 Å². The van der Waals surface area contributed by atoms with Crippen molar-refractivity contribution in [1.82, 2.24) is 5.32 Å². The number of para-hydroxylation sites is 1. The second-order valence-electron chi connectivity index (χ2n) is 7.74. The molecule has 7 nitrogen and oxygen atoms in total. The quantitative estimate of drug-likeness (QED) is 0.634. The van der Waals surface area contributed by atoms with Gasteiger partial charge in [0.1, 0.15) is 17.5 Å². The SMILES string of the molecule is C[C@H](C(=O)NCC1CC1)N1C(=O)COc2ccc(C(=O)COc3ccccc3Cl)cc21. The highest BCUT2D eigenvalue weighted by molar-refractivity contribution is 6.32. The van der Waals surface area contributed by atoms with Crippen molar-refractivity contribution in [1.29, 1.82) is 0 Å². The molecule has 162 valence electrons. The number of Topliss-reactive ketones (excluding diaryl/α,β-unsaturated/α-hetero) is 1. The van der Waals surface area contributed by atoms with E-state index < -0.39 is 6.04 Å². The van der Waals surface area contributed by atoms with E-state index in [1.54, 1.807) is 49.4 Å². The second-order valence-corrected chi connectivity index (χ2v) is 8.15. The molecule has 0 aromatic heterocycles. The van der Waals surface area contributed by atoms with Crippen LogP contribution in [-0.2, 0) is 9.59 Å². The number of carbonyl (C=O) groups is 3. The fraction of sp³-hybridized carbons (Fsp3) is 0.348. The molecule has 2 aliphatic rings. The lowest BCUT2D eigenvalue weighted by Crippen LogP contribution is -2.51. The number of nitrogens with zero attached hydrogens (tertiary/aromatic N) is 1. The van der Waals surface area contributed by atoms with Crippen LogP contribution in [0.25, 0.3) is 0 Å². The smallest absolute Gasteiger partial charge is 0.265 e. The van der Waals surface area contributed by atoms with Gasteiger partial charge in [-0.1, -0.05) is 23.7 Å². The predicted molar refractivity (Wildman–Crippen MR) is 116 cm³/mol. The van der Waals surface area contributed by atoms with Crippen molar-refractivity contribution in [3.05, 3.63) is 53.1 Å². The Labute approximate surface area is 185 Å². The number of amides is 2. The zero-order chi connectivity index (χ0) is 22.0. The summed E-state index contributed by atoms with van der Waals surface area (Å²) < 4.78 is 11.0. The summed E-state index contributed by atoms with van der Waals surface area (Å²) in [4.78, 5) is 39.3. The molecule has 4 rings (SSSR count). The molecule has 0 bridgehead atoms. The molecule has 0 radical (unpaired) electrons. The fourth-order valence-corrected chi connectivity index (χ4v) is 3.58. The van der Waals surface area contributed by atoms with Crippen molar-refractivity contribution in [3.8, 4) is 11.5 Å². The number of ether oxygens (including phenoxy) is 2. The molecule has 0 unspecified atom stereocenters. The minimum atomic E-state index is -0.723. The molecule has 2 aromatic rings. The average molecular weight is 443 g/mol. The maximum atomic E-state index is 12.7. The molecule has 2 amide bonds.